The SMILES string of the molecule is C=C(/C=C(\OC)C1(C(F)F)CC1)NC(=O)Cc1ccc(-c2cnc(NC3=CCC=C3C)nc2)cc1F.CC.CCC(C)O. The summed E-state index contributed by atoms with van der Waals surface area (Å²) in [5, 5.41) is 14.0. The molecule has 0 aliphatic heterocycles. The minimum Gasteiger partial charge on any atom is -0.500 e. The fraction of sp³-hybridized carbons (Fsp3) is 0.424. The van der Waals surface area contributed by atoms with Gasteiger partial charge in [0.15, 0.2) is 0 Å². The molecule has 1 heterocycles. The van der Waals surface area contributed by atoms with Crippen LogP contribution in [-0.4, -0.2) is 40.6 Å². The number of alkyl halides is 2. The van der Waals surface area contributed by atoms with Crippen molar-refractivity contribution in [3.63, 3.8) is 0 Å². The molecule has 1 amide bonds. The summed E-state index contributed by atoms with van der Waals surface area (Å²) >= 11 is 0. The second-order valence-electron chi connectivity index (χ2n) is 10.1. The molecule has 2 aromatic rings. The number of rotatable bonds is 11. The van der Waals surface area contributed by atoms with Gasteiger partial charge in [-0.05, 0) is 68.4 Å². The summed E-state index contributed by atoms with van der Waals surface area (Å²) in [6.45, 7) is 13.4. The number of allylic oxidation sites excluding steroid dienone is 5. The Balaban J connectivity index is 0.000000836. The molecule has 10 heteroatoms. The van der Waals surface area contributed by atoms with Crippen LogP contribution < -0.4 is 10.6 Å². The predicted molar refractivity (Wildman–Crippen MR) is 165 cm³/mol. The normalized spacial score (nSPS) is 15.6. The number of hydrogen-bond donors (Lipinski definition) is 3. The number of carbonyl (C=O) groups excluding carboxylic acids is 1. The first-order valence-electron chi connectivity index (χ1n) is 14.4. The quantitative estimate of drug-likeness (QED) is 0.183. The lowest BCUT2D eigenvalue weighted by Crippen LogP contribution is -2.25. The van der Waals surface area contributed by atoms with Gasteiger partial charge >= 0.3 is 0 Å². The Hall–Kier alpha value is -3.92. The van der Waals surface area contributed by atoms with E-state index in [1.807, 2.05) is 33.8 Å². The largest absolute Gasteiger partial charge is 0.500 e. The number of hydrogen-bond acceptors (Lipinski definition) is 6. The van der Waals surface area contributed by atoms with Gasteiger partial charge in [0.25, 0.3) is 6.43 Å². The van der Waals surface area contributed by atoms with Crippen LogP contribution >= 0.6 is 0 Å². The third-order valence-electron chi connectivity index (χ3n) is 6.92. The molecule has 1 unspecified atom stereocenters. The van der Waals surface area contributed by atoms with Crippen LogP contribution in [0.25, 0.3) is 11.1 Å². The van der Waals surface area contributed by atoms with Crippen molar-refractivity contribution in [2.45, 2.75) is 79.3 Å². The van der Waals surface area contributed by atoms with Crippen LogP contribution in [0.5, 0.6) is 0 Å². The molecular weight excluding hydrogens is 557 g/mol. The van der Waals surface area contributed by atoms with Crippen molar-refractivity contribution in [2.24, 2.45) is 5.41 Å². The van der Waals surface area contributed by atoms with Crippen LogP contribution in [0, 0.1) is 11.2 Å². The number of benzene rings is 1. The Morgan fingerprint density at radius 2 is 1.81 bits per heavy atom. The van der Waals surface area contributed by atoms with Gasteiger partial charge in [-0.15, -0.1) is 0 Å². The lowest BCUT2D eigenvalue weighted by Gasteiger charge is -2.18. The lowest BCUT2D eigenvalue weighted by molar-refractivity contribution is -0.119. The zero-order valence-electron chi connectivity index (χ0n) is 25.8. The molecular formula is C33H43F3N4O3. The van der Waals surface area contributed by atoms with E-state index in [2.05, 4.69) is 33.3 Å². The van der Waals surface area contributed by atoms with E-state index in [0.717, 1.165) is 24.1 Å². The topological polar surface area (TPSA) is 96.4 Å². The van der Waals surface area contributed by atoms with Gasteiger partial charge in [-0.1, -0.05) is 51.6 Å². The molecule has 1 saturated carbocycles. The van der Waals surface area contributed by atoms with E-state index in [4.69, 9.17) is 9.84 Å². The minimum atomic E-state index is -2.57. The Labute approximate surface area is 252 Å². The predicted octanol–water partition coefficient (Wildman–Crippen LogP) is 7.48. The van der Waals surface area contributed by atoms with Crippen molar-refractivity contribution in [1.82, 2.24) is 15.3 Å². The zero-order valence-corrected chi connectivity index (χ0v) is 25.8. The van der Waals surface area contributed by atoms with Gasteiger partial charge in [-0.3, -0.25) is 4.79 Å². The highest BCUT2D eigenvalue weighted by molar-refractivity contribution is 5.81. The molecule has 3 N–H and O–H groups in total. The highest BCUT2D eigenvalue weighted by atomic mass is 19.3. The van der Waals surface area contributed by atoms with Crippen molar-refractivity contribution >= 4 is 11.9 Å². The zero-order chi connectivity index (χ0) is 32.2. The summed E-state index contributed by atoms with van der Waals surface area (Å²) in [4.78, 5) is 21.0. The lowest BCUT2D eigenvalue weighted by atomic mass is 10.0. The molecule has 1 atom stereocenters. The van der Waals surface area contributed by atoms with Gasteiger partial charge < -0.3 is 20.5 Å². The van der Waals surface area contributed by atoms with Crippen molar-refractivity contribution in [2.75, 3.05) is 12.4 Å². The molecule has 0 saturated heterocycles. The first-order chi connectivity index (χ1) is 20.5. The van der Waals surface area contributed by atoms with Crippen molar-refractivity contribution in [1.29, 1.82) is 0 Å². The van der Waals surface area contributed by atoms with Gasteiger partial charge in [0, 0.05) is 29.4 Å². The maximum Gasteiger partial charge on any atom is 0.251 e. The maximum atomic E-state index is 14.8. The average Bonchev–Trinajstić information content (AvgIpc) is 3.71. The number of carbonyl (C=O) groups is 1. The van der Waals surface area contributed by atoms with E-state index in [-0.39, 0.29) is 29.5 Å². The van der Waals surface area contributed by atoms with E-state index in [9.17, 15) is 18.0 Å². The van der Waals surface area contributed by atoms with Crippen LogP contribution in [0.4, 0.5) is 19.1 Å². The third-order valence-corrected chi connectivity index (χ3v) is 6.92. The van der Waals surface area contributed by atoms with Gasteiger partial charge in [0.1, 0.15) is 11.6 Å². The number of nitrogens with zero attached hydrogens (tertiary/aromatic N) is 2. The molecule has 0 radical (unpaired) electrons. The molecule has 43 heavy (non-hydrogen) atoms. The number of methoxy groups -OCH3 is 1. The van der Waals surface area contributed by atoms with Crippen molar-refractivity contribution in [3.8, 4) is 11.1 Å². The van der Waals surface area contributed by atoms with Gasteiger partial charge in [-0.2, -0.15) is 0 Å². The first kappa shape index (κ1) is 35.3. The number of ether oxygens (including phenoxy) is 1. The van der Waals surface area contributed by atoms with Crippen LogP contribution in [0.2, 0.25) is 0 Å². The molecule has 1 aromatic carbocycles. The highest BCUT2D eigenvalue weighted by Gasteiger charge is 2.55. The average molecular weight is 601 g/mol. The van der Waals surface area contributed by atoms with E-state index in [1.54, 1.807) is 25.4 Å². The molecule has 2 aliphatic rings. The summed E-state index contributed by atoms with van der Waals surface area (Å²) in [5.41, 5.74) is 2.26. The van der Waals surface area contributed by atoms with E-state index in [0.29, 0.717) is 29.9 Å². The Kier molecular flexibility index (Phi) is 13.7. The highest BCUT2D eigenvalue weighted by Crippen LogP contribution is 2.56. The van der Waals surface area contributed by atoms with E-state index >= 15 is 0 Å². The fourth-order valence-electron chi connectivity index (χ4n) is 4.01. The summed E-state index contributed by atoms with van der Waals surface area (Å²) < 4.78 is 46.5. The molecule has 7 nitrogen and oxygen atoms in total. The molecule has 4 rings (SSSR count). The monoisotopic (exact) mass is 600 g/mol. The number of aliphatic hydroxyl groups excluding tert-OH is 1. The summed E-state index contributed by atoms with van der Waals surface area (Å²) in [5.74, 6) is -0.562. The standard InChI is InChI=1S/C27H27F3N4O2.C4H10O.C2H6/c1-16-5-4-6-22(16)34-26-31-14-20(15-32-26)18-7-8-19(21(28)12-18)13-24(35)33-17(2)11-23(36-3)27(9-10-27)25(29)30;1-3-4(2)5;1-2/h5-8,11-12,14-15,25H,2,4,9-10,13H2,1,3H3,(H,33,35)(H,31,32,34);4-5H,3H2,1-2H3;1-2H3/b23-11-;;. The summed E-state index contributed by atoms with van der Waals surface area (Å²) in [6.07, 6.45) is 8.06. The maximum absolute atomic E-state index is 14.8. The number of nitrogens with one attached hydrogen (secondary N) is 2. The van der Waals surface area contributed by atoms with E-state index in [1.165, 1.54) is 25.3 Å². The Bertz CT molecular complexity index is 1330. The number of amides is 1. The second kappa shape index (κ2) is 16.6. The van der Waals surface area contributed by atoms with Crippen LogP contribution in [-0.2, 0) is 16.0 Å². The second-order valence-corrected chi connectivity index (χ2v) is 10.1. The first-order valence-corrected chi connectivity index (χ1v) is 14.4. The van der Waals surface area contributed by atoms with Crippen LogP contribution in [0.1, 0.15) is 65.9 Å². The van der Waals surface area contributed by atoms with Gasteiger partial charge in [0.05, 0.1) is 25.0 Å². The van der Waals surface area contributed by atoms with Gasteiger partial charge in [-0.25, -0.2) is 23.1 Å². The van der Waals surface area contributed by atoms with Crippen molar-refractivity contribution in [3.05, 3.63) is 89.5 Å². The van der Waals surface area contributed by atoms with Crippen molar-refractivity contribution < 1.29 is 27.8 Å². The Morgan fingerprint density at radius 3 is 2.28 bits per heavy atom. The number of aromatic nitrogens is 2. The Morgan fingerprint density at radius 1 is 1.19 bits per heavy atom. The third kappa shape index (κ3) is 10.1. The molecule has 1 aromatic heterocycles. The molecule has 234 valence electrons. The number of anilines is 1. The fourth-order valence-corrected chi connectivity index (χ4v) is 4.01. The van der Waals surface area contributed by atoms with Crippen LogP contribution in [0.3, 0.4) is 0 Å². The molecule has 1 fully saturated rings. The summed E-state index contributed by atoms with van der Waals surface area (Å²) in [7, 11) is 1.31. The smallest absolute Gasteiger partial charge is 0.251 e. The van der Waals surface area contributed by atoms with Gasteiger partial charge in [0.2, 0.25) is 11.9 Å². The molecule has 0 spiro atoms. The molecule has 0 bridgehead atoms. The minimum absolute atomic E-state index is 0.0772. The number of aliphatic hydroxyl groups is 1. The van der Waals surface area contributed by atoms with E-state index < -0.39 is 23.6 Å². The molecule has 2 aliphatic carbocycles. The summed E-state index contributed by atoms with van der Waals surface area (Å²) in [6, 6.07) is 4.52. The number of halogens is 3. The van der Waals surface area contributed by atoms with Crippen LogP contribution in [0.15, 0.2) is 78.1 Å².